The van der Waals surface area contributed by atoms with Gasteiger partial charge in [0, 0.05) is 17.6 Å². The van der Waals surface area contributed by atoms with Crippen LogP contribution in [0.25, 0.3) is 0 Å². The number of hydrogen-bond donors (Lipinski definition) is 4. The van der Waals surface area contributed by atoms with E-state index in [-0.39, 0.29) is 17.4 Å². The summed E-state index contributed by atoms with van der Waals surface area (Å²) in [5.74, 6) is 0.160. The van der Waals surface area contributed by atoms with Crippen molar-refractivity contribution in [1.82, 2.24) is 5.32 Å². The molecule has 2 rings (SSSR count). The Labute approximate surface area is 156 Å². The topological polar surface area (TPSA) is 67.1 Å². The van der Waals surface area contributed by atoms with Crippen molar-refractivity contribution in [3.63, 3.8) is 0 Å². The Balaban J connectivity index is 1.77. The molecule has 1 aromatic rings. The lowest BCUT2D eigenvalue weighted by molar-refractivity contribution is -0.930. The molecule has 1 fully saturated rings. The van der Waals surface area contributed by atoms with Crippen molar-refractivity contribution in [2.24, 2.45) is 0 Å². The van der Waals surface area contributed by atoms with Crippen LogP contribution < -0.4 is 20.4 Å². The van der Waals surface area contributed by atoms with Crippen LogP contribution in [0.5, 0.6) is 0 Å². The zero-order chi connectivity index (χ0) is 19.2. The first kappa shape index (κ1) is 20.4. The molecule has 0 bridgehead atoms. The molecule has 4 N–H and O–H groups in total. The molecule has 6 nitrogen and oxygen atoms in total. The standard InChI is InChI=1S/C20H32N4O2/c1-16-7-5-8-17(13-16)21-18(25)14-23-9-6-10-24(12-11-23)15-19(26)22-20(2,3)4/h5,7-8,13H,6,9-12,14-15H2,1-4H3,(H,21,25)(H,22,26)/p+2. The smallest absolute Gasteiger partial charge is 0.279 e. The maximum atomic E-state index is 12.3. The molecule has 144 valence electrons. The summed E-state index contributed by atoms with van der Waals surface area (Å²) in [6.07, 6.45) is 1.03. The summed E-state index contributed by atoms with van der Waals surface area (Å²) in [6, 6.07) is 7.87. The van der Waals surface area contributed by atoms with Crippen molar-refractivity contribution in [3.8, 4) is 0 Å². The van der Waals surface area contributed by atoms with Crippen LogP contribution in [0.3, 0.4) is 0 Å². The highest BCUT2D eigenvalue weighted by Crippen LogP contribution is 2.08. The third kappa shape index (κ3) is 7.54. The Kier molecular flexibility index (Phi) is 7.17. The molecule has 2 unspecified atom stereocenters. The van der Waals surface area contributed by atoms with Gasteiger partial charge >= 0.3 is 0 Å². The van der Waals surface area contributed by atoms with Crippen LogP contribution in [0.2, 0.25) is 0 Å². The van der Waals surface area contributed by atoms with E-state index in [0.29, 0.717) is 13.1 Å². The number of rotatable bonds is 5. The van der Waals surface area contributed by atoms with Crippen LogP contribution in [0.4, 0.5) is 5.69 Å². The van der Waals surface area contributed by atoms with Crippen LogP contribution in [0.15, 0.2) is 24.3 Å². The first-order chi connectivity index (χ1) is 12.2. The molecule has 0 spiro atoms. The van der Waals surface area contributed by atoms with Crippen molar-refractivity contribution in [2.75, 3.05) is 44.6 Å². The number of benzene rings is 1. The van der Waals surface area contributed by atoms with Gasteiger partial charge in [-0.25, -0.2) is 0 Å². The molecule has 6 heteroatoms. The van der Waals surface area contributed by atoms with Crippen LogP contribution in [-0.4, -0.2) is 56.6 Å². The predicted molar refractivity (Wildman–Crippen MR) is 103 cm³/mol. The molecule has 1 aliphatic rings. The monoisotopic (exact) mass is 362 g/mol. The van der Waals surface area contributed by atoms with E-state index in [1.807, 2.05) is 52.0 Å². The number of carbonyl (C=O) groups is 2. The second kappa shape index (κ2) is 9.14. The average Bonchev–Trinajstić information content (AvgIpc) is 2.70. The van der Waals surface area contributed by atoms with Gasteiger partial charge in [0.1, 0.15) is 13.1 Å². The molecular formula is C20H34N4O2+2. The molecule has 1 aliphatic heterocycles. The molecule has 0 radical (unpaired) electrons. The lowest BCUT2D eigenvalue weighted by atomic mass is 10.1. The number of aryl methyl sites for hydroxylation is 1. The highest BCUT2D eigenvalue weighted by atomic mass is 16.2. The summed E-state index contributed by atoms with van der Waals surface area (Å²) in [6.45, 7) is 12.8. The van der Waals surface area contributed by atoms with Crippen molar-refractivity contribution < 1.29 is 19.4 Å². The Bertz CT molecular complexity index is 624. The average molecular weight is 363 g/mol. The van der Waals surface area contributed by atoms with Gasteiger partial charge in [-0.15, -0.1) is 0 Å². The number of carbonyl (C=O) groups excluding carboxylic acids is 2. The SMILES string of the molecule is Cc1cccc(NC(=O)C[NH+]2CCC[NH+](CC(=O)NC(C)(C)C)CC2)c1. The first-order valence-electron chi connectivity index (χ1n) is 9.56. The zero-order valence-electron chi connectivity index (χ0n) is 16.6. The minimum Gasteiger partial charge on any atom is -0.347 e. The van der Waals surface area contributed by atoms with Crippen LogP contribution in [-0.2, 0) is 9.59 Å². The van der Waals surface area contributed by atoms with Gasteiger partial charge in [0.15, 0.2) is 13.1 Å². The highest BCUT2D eigenvalue weighted by Gasteiger charge is 2.25. The fourth-order valence-corrected chi connectivity index (χ4v) is 3.39. The fourth-order valence-electron chi connectivity index (χ4n) is 3.39. The first-order valence-corrected chi connectivity index (χ1v) is 9.56. The second-order valence-corrected chi connectivity index (χ2v) is 8.42. The summed E-state index contributed by atoms with van der Waals surface area (Å²) in [7, 11) is 0. The van der Waals surface area contributed by atoms with E-state index in [1.54, 1.807) is 0 Å². The summed E-state index contributed by atoms with van der Waals surface area (Å²) in [5.41, 5.74) is 1.81. The minimum atomic E-state index is -0.187. The molecule has 2 amide bonds. The lowest BCUT2D eigenvalue weighted by Gasteiger charge is -2.22. The maximum absolute atomic E-state index is 12.3. The molecule has 1 aromatic carbocycles. The van der Waals surface area contributed by atoms with E-state index in [0.717, 1.165) is 43.9 Å². The molecule has 0 aliphatic carbocycles. The number of quaternary nitrogens is 2. The Hall–Kier alpha value is -1.92. The van der Waals surface area contributed by atoms with Gasteiger partial charge in [-0.3, -0.25) is 9.59 Å². The van der Waals surface area contributed by atoms with Gasteiger partial charge in [-0.05, 0) is 45.4 Å². The quantitative estimate of drug-likeness (QED) is 0.544. The molecule has 1 heterocycles. The van der Waals surface area contributed by atoms with Crippen LogP contribution in [0, 0.1) is 6.92 Å². The van der Waals surface area contributed by atoms with E-state index in [1.165, 1.54) is 9.80 Å². The summed E-state index contributed by atoms with van der Waals surface area (Å²) in [5, 5.41) is 6.02. The van der Waals surface area contributed by atoms with E-state index in [2.05, 4.69) is 10.6 Å². The second-order valence-electron chi connectivity index (χ2n) is 8.42. The van der Waals surface area contributed by atoms with Crippen molar-refractivity contribution >= 4 is 17.5 Å². The van der Waals surface area contributed by atoms with Gasteiger partial charge < -0.3 is 20.4 Å². The molecule has 2 atom stereocenters. The predicted octanol–water partition coefficient (Wildman–Crippen LogP) is -0.978. The van der Waals surface area contributed by atoms with Gasteiger partial charge in [-0.1, -0.05) is 12.1 Å². The van der Waals surface area contributed by atoms with Gasteiger partial charge in [0.25, 0.3) is 11.8 Å². The molecular weight excluding hydrogens is 328 g/mol. The van der Waals surface area contributed by atoms with Crippen LogP contribution in [0.1, 0.15) is 32.8 Å². The Morgan fingerprint density at radius 1 is 1.00 bits per heavy atom. The Morgan fingerprint density at radius 2 is 1.62 bits per heavy atom. The summed E-state index contributed by atoms with van der Waals surface area (Å²) >= 11 is 0. The number of hydrogen-bond acceptors (Lipinski definition) is 2. The number of amides is 2. The summed E-state index contributed by atoms with van der Waals surface area (Å²) in [4.78, 5) is 27.0. The van der Waals surface area contributed by atoms with E-state index in [9.17, 15) is 9.59 Å². The lowest BCUT2D eigenvalue weighted by Crippen LogP contribution is -3.18. The molecule has 26 heavy (non-hydrogen) atoms. The Morgan fingerprint density at radius 3 is 2.19 bits per heavy atom. The third-order valence-corrected chi connectivity index (χ3v) is 4.53. The van der Waals surface area contributed by atoms with E-state index in [4.69, 9.17) is 0 Å². The normalized spacial score (nSPS) is 20.9. The highest BCUT2D eigenvalue weighted by molar-refractivity contribution is 5.91. The molecule has 0 aromatic heterocycles. The third-order valence-electron chi connectivity index (χ3n) is 4.53. The largest absolute Gasteiger partial charge is 0.347 e. The van der Waals surface area contributed by atoms with E-state index >= 15 is 0 Å². The number of anilines is 1. The van der Waals surface area contributed by atoms with Crippen molar-refractivity contribution in [2.45, 2.75) is 39.7 Å². The maximum Gasteiger partial charge on any atom is 0.279 e. The fraction of sp³-hybridized carbons (Fsp3) is 0.600. The van der Waals surface area contributed by atoms with Crippen LogP contribution >= 0.6 is 0 Å². The van der Waals surface area contributed by atoms with Gasteiger partial charge in [0.2, 0.25) is 0 Å². The van der Waals surface area contributed by atoms with Crippen molar-refractivity contribution in [3.05, 3.63) is 29.8 Å². The van der Waals surface area contributed by atoms with Gasteiger partial charge in [-0.2, -0.15) is 0 Å². The van der Waals surface area contributed by atoms with E-state index < -0.39 is 0 Å². The molecule has 0 saturated carbocycles. The minimum absolute atomic E-state index is 0.0551. The number of nitrogens with one attached hydrogen (secondary N) is 4. The van der Waals surface area contributed by atoms with Gasteiger partial charge in [0.05, 0.1) is 13.1 Å². The summed E-state index contributed by atoms with van der Waals surface area (Å²) < 4.78 is 0. The zero-order valence-corrected chi connectivity index (χ0v) is 16.6. The molecule has 1 saturated heterocycles. The van der Waals surface area contributed by atoms with Crippen molar-refractivity contribution in [1.29, 1.82) is 0 Å².